The first-order chi connectivity index (χ1) is 12.3. The Balaban J connectivity index is 1.45. The van der Waals surface area contributed by atoms with Gasteiger partial charge in [-0.15, -0.1) is 0 Å². The molecule has 0 saturated carbocycles. The summed E-state index contributed by atoms with van der Waals surface area (Å²) in [5.41, 5.74) is 0.332. The van der Waals surface area contributed by atoms with Crippen LogP contribution in [0.4, 0.5) is 0 Å². The summed E-state index contributed by atoms with van der Waals surface area (Å²) in [5.74, 6) is 0.517. The van der Waals surface area contributed by atoms with E-state index in [9.17, 15) is 13.2 Å². The first kappa shape index (κ1) is 17.8. The highest BCUT2D eigenvalue weighted by atomic mass is 32.2. The number of amides is 1. The van der Waals surface area contributed by atoms with Crippen molar-refractivity contribution in [3.8, 4) is 5.75 Å². The van der Waals surface area contributed by atoms with Crippen LogP contribution in [0.2, 0.25) is 0 Å². The van der Waals surface area contributed by atoms with Crippen molar-refractivity contribution in [3.05, 3.63) is 29.8 Å². The lowest BCUT2D eigenvalue weighted by atomic mass is 9.99. The Hall–Kier alpha value is -1.64. The molecule has 3 saturated heterocycles. The highest BCUT2D eigenvalue weighted by Crippen LogP contribution is 2.46. The number of morpholine rings is 1. The van der Waals surface area contributed by atoms with Crippen molar-refractivity contribution in [2.45, 2.75) is 37.2 Å². The van der Waals surface area contributed by atoms with E-state index in [-0.39, 0.29) is 18.6 Å². The molecule has 142 valence electrons. The second-order valence-electron chi connectivity index (χ2n) is 7.38. The molecule has 0 aromatic heterocycles. The molecule has 7 nitrogen and oxygen atoms in total. The number of rotatable bonds is 4. The van der Waals surface area contributed by atoms with Crippen molar-refractivity contribution in [1.29, 1.82) is 0 Å². The van der Waals surface area contributed by atoms with Crippen LogP contribution in [0, 0.1) is 6.92 Å². The van der Waals surface area contributed by atoms with Gasteiger partial charge in [0.05, 0.1) is 12.6 Å². The Morgan fingerprint density at radius 1 is 1.31 bits per heavy atom. The zero-order valence-corrected chi connectivity index (χ0v) is 15.9. The molecule has 2 bridgehead atoms. The normalized spacial score (nSPS) is 32.5. The molecule has 3 aliphatic rings. The van der Waals surface area contributed by atoms with Gasteiger partial charge in [0, 0.05) is 19.6 Å². The maximum absolute atomic E-state index is 12.7. The molecule has 4 rings (SSSR count). The van der Waals surface area contributed by atoms with Crippen LogP contribution in [0.5, 0.6) is 5.75 Å². The summed E-state index contributed by atoms with van der Waals surface area (Å²) in [6, 6.07) is 7.54. The molecular weight excluding hydrogens is 356 g/mol. The van der Waals surface area contributed by atoms with Crippen molar-refractivity contribution in [2.24, 2.45) is 0 Å². The van der Waals surface area contributed by atoms with E-state index in [1.165, 1.54) is 4.31 Å². The van der Waals surface area contributed by atoms with E-state index in [0.29, 0.717) is 38.3 Å². The van der Waals surface area contributed by atoms with Gasteiger partial charge in [-0.25, -0.2) is 8.42 Å². The number of likely N-dealkylation sites (tertiary alicyclic amines) is 1. The predicted molar refractivity (Wildman–Crippen MR) is 95.4 cm³/mol. The van der Waals surface area contributed by atoms with Crippen LogP contribution in [0.15, 0.2) is 24.3 Å². The minimum absolute atomic E-state index is 0.0548. The third kappa shape index (κ3) is 2.80. The quantitative estimate of drug-likeness (QED) is 0.772. The summed E-state index contributed by atoms with van der Waals surface area (Å²) < 4.78 is 38.5. The smallest absolute Gasteiger partial charge is 0.260 e. The molecule has 3 heterocycles. The molecule has 0 aliphatic carbocycles. The summed E-state index contributed by atoms with van der Waals surface area (Å²) in [6.07, 6.45) is 0.243. The van der Waals surface area contributed by atoms with E-state index in [0.717, 1.165) is 5.56 Å². The Labute approximate surface area is 153 Å². The van der Waals surface area contributed by atoms with Gasteiger partial charge in [-0.3, -0.25) is 4.79 Å². The number of likely N-dealkylation sites (N-methyl/N-ethyl adjacent to an activating group) is 1. The van der Waals surface area contributed by atoms with Crippen LogP contribution >= 0.6 is 0 Å². The fourth-order valence-electron chi connectivity index (χ4n) is 4.30. The van der Waals surface area contributed by atoms with Crippen LogP contribution < -0.4 is 4.74 Å². The highest BCUT2D eigenvalue weighted by Gasteiger charge is 2.65. The number of hydrogen-bond acceptors (Lipinski definition) is 5. The van der Waals surface area contributed by atoms with Crippen LogP contribution in [0.1, 0.15) is 18.9 Å². The monoisotopic (exact) mass is 380 g/mol. The highest BCUT2D eigenvalue weighted by molar-refractivity contribution is 7.90. The number of carbonyl (C=O) groups excluding carboxylic acids is 1. The van der Waals surface area contributed by atoms with Gasteiger partial charge < -0.3 is 14.4 Å². The molecule has 8 heteroatoms. The number of nitrogens with zero attached hydrogens (tertiary/aromatic N) is 2. The fraction of sp³-hybridized carbons (Fsp3) is 0.611. The Kier molecular flexibility index (Phi) is 4.24. The predicted octanol–water partition coefficient (Wildman–Crippen LogP) is 0.778. The van der Waals surface area contributed by atoms with Gasteiger partial charge in [0.2, 0.25) is 10.0 Å². The van der Waals surface area contributed by atoms with Gasteiger partial charge in [0.1, 0.15) is 16.6 Å². The molecule has 0 radical (unpaired) electrons. The molecule has 3 fully saturated rings. The molecule has 1 spiro atoms. The lowest BCUT2D eigenvalue weighted by molar-refractivity contribution is -0.152. The third-order valence-corrected chi connectivity index (χ3v) is 8.05. The van der Waals surface area contributed by atoms with E-state index in [4.69, 9.17) is 9.47 Å². The van der Waals surface area contributed by atoms with E-state index in [1.54, 1.807) is 4.90 Å². The lowest BCUT2D eigenvalue weighted by Gasteiger charge is -2.39. The molecule has 3 aliphatic heterocycles. The van der Waals surface area contributed by atoms with Crippen molar-refractivity contribution >= 4 is 15.9 Å². The van der Waals surface area contributed by atoms with Crippen LogP contribution in [-0.2, 0) is 19.6 Å². The van der Waals surface area contributed by atoms with Gasteiger partial charge in [-0.05, 0) is 25.5 Å². The van der Waals surface area contributed by atoms with Crippen LogP contribution in [-0.4, -0.2) is 73.3 Å². The van der Waals surface area contributed by atoms with Gasteiger partial charge >= 0.3 is 0 Å². The molecule has 0 N–H and O–H groups in total. The number of sulfonamides is 1. The number of fused-ring (bicyclic) bond motifs is 1. The summed E-state index contributed by atoms with van der Waals surface area (Å²) in [7, 11) is -3.35. The minimum Gasteiger partial charge on any atom is -0.484 e. The Bertz CT molecular complexity index is 809. The summed E-state index contributed by atoms with van der Waals surface area (Å²) in [6.45, 7) is 5.25. The molecule has 1 aromatic carbocycles. The molecule has 1 aromatic rings. The second kappa shape index (κ2) is 6.21. The Morgan fingerprint density at radius 3 is 2.73 bits per heavy atom. The fourth-order valence-corrected chi connectivity index (χ4v) is 6.62. The van der Waals surface area contributed by atoms with E-state index in [1.807, 2.05) is 38.1 Å². The molecule has 26 heavy (non-hydrogen) atoms. The lowest BCUT2D eigenvalue weighted by Crippen LogP contribution is -2.57. The summed E-state index contributed by atoms with van der Waals surface area (Å²) >= 11 is 0. The average Bonchev–Trinajstić information content (AvgIpc) is 2.99. The zero-order valence-electron chi connectivity index (χ0n) is 15.1. The summed E-state index contributed by atoms with van der Waals surface area (Å²) in [4.78, 5) is 14.3. The first-order valence-electron chi connectivity index (χ1n) is 8.98. The molecule has 1 amide bonds. The largest absolute Gasteiger partial charge is 0.484 e. The van der Waals surface area contributed by atoms with E-state index < -0.39 is 20.9 Å². The van der Waals surface area contributed by atoms with Crippen molar-refractivity contribution in [2.75, 3.05) is 32.8 Å². The maximum atomic E-state index is 12.7. The standard InChI is InChI=1S/C18H24N2O5S/c1-3-20-12-18-11-19(9-15(25-18)8-16(18)26(20,22)23)17(21)10-24-14-6-4-13(2)5-7-14/h4-7,15-16H,3,8-12H2,1-2H3/t15-,16+,18+/m1/s1. The van der Waals surface area contributed by atoms with Crippen molar-refractivity contribution in [1.82, 2.24) is 9.21 Å². The zero-order chi connectivity index (χ0) is 18.5. The van der Waals surface area contributed by atoms with Gasteiger partial charge in [-0.1, -0.05) is 24.6 Å². The third-order valence-electron chi connectivity index (χ3n) is 5.60. The topological polar surface area (TPSA) is 76.2 Å². The summed E-state index contributed by atoms with van der Waals surface area (Å²) in [5, 5.41) is -0.546. The van der Waals surface area contributed by atoms with Crippen molar-refractivity contribution in [3.63, 3.8) is 0 Å². The molecule has 0 unspecified atom stereocenters. The second-order valence-corrected chi connectivity index (χ2v) is 9.49. The number of ether oxygens (including phenoxy) is 2. The van der Waals surface area contributed by atoms with Crippen LogP contribution in [0.3, 0.4) is 0 Å². The Morgan fingerprint density at radius 2 is 2.04 bits per heavy atom. The van der Waals surface area contributed by atoms with Crippen LogP contribution in [0.25, 0.3) is 0 Å². The van der Waals surface area contributed by atoms with Gasteiger partial charge in [0.25, 0.3) is 5.91 Å². The average molecular weight is 380 g/mol. The van der Waals surface area contributed by atoms with Gasteiger partial charge in [-0.2, -0.15) is 4.31 Å². The minimum atomic E-state index is -3.35. The number of aryl methyl sites for hydroxylation is 1. The molecular formula is C18H24N2O5S. The van der Waals surface area contributed by atoms with E-state index >= 15 is 0 Å². The first-order valence-corrected chi connectivity index (χ1v) is 10.5. The SMILES string of the molecule is CCN1C[C@@]23CN(C(=O)COc4ccc(C)cc4)C[C@@H](C[C@@H]2S1(=O)=O)O3. The molecule has 3 atom stereocenters. The van der Waals surface area contributed by atoms with Gasteiger partial charge in [0.15, 0.2) is 6.61 Å². The number of benzene rings is 1. The number of hydrogen-bond donors (Lipinski definition) is 0. The van der Waals surface area contributed by atoms with E-state index in [2.05, 4.69) is 0 Å². The number of carbonyl (C=O) groups is 1. The maximum Gasteiger partial charge on any atom is 0.260 e. The van der Waals surface area contributed by atoms with Crippen molar-refractivity contribution < 1.29 is 22.7 Å².